The van der Waals surface area contributed by atoms with Crippen LogP contribution in [0.1, 0.15) is 0 Å². The molecular weight excluding hydrogens is 377 g/mol. The van der Waals surface area contributed by atoms with Crippen LogP contribution in [-0.4, -0.2) is 24.3 Å². The van der Waals surface area contributed by atoms with Gasteiger partial charge in [0.1, 0.15) is 5.94 Å². The third kappa shape index (κ3) is 5.99. The number of hydrogen-bond acceptors (Lipinski definition) is 5. The molecule has 0 saturated carbocycles. The Morgan fingerprint density at radius 2 is 1.38 bits per heavy atom. The highest BCUT2D eigenvalue weighted by Crippen LogP contribution is 2.31. The highest BCUT2D eigenvalue weighted by atomic mass is 32.2. The number of esters is 1. The Balaban J connectivity index is 1.85. The van der Waals surface area contributed by atoms with E-state index in [-0.39, 0.29) is 5.94 Å². The Labute approximate surface area is 150 Å². The van der Waals surface area contributed by atoms with Crippen molar-refractivity contribution in [2.75, 3.05) is 12.2 Å². The first-order chi connectivity index (χ1) is 11.4. The molecule has 0 aliphatic carbocycles. The Hall–Kier alpha value is -1.25. The summed E-state index contributed by atoms with van der Waals surface area (Å²) in [6.45, 7) is 0. The van der Waals surface area contributed by atoms with Gasteiger partial charge < -0.3 is 4.74 Å². The summed E-state index contributed by atoms with van der Waals surface area (Å²) in [5, 5.41) is 0. The van der Waals surface area contributed by atoms with Gasteiger partial charge >= 0.3 is 12.1 Å². The van der Waals surface area contributed by atoms with Crippen LogP contribution in [0.4, 0.5) is 13.2 Å². The molecule has 0 amide bonds. The third-order valence-corrected chi connectivity index (χ3v) is 5.37. The first kappa shape index (κ1) is 19.1. The van der Waals surface area contributed by atoms with Crippen LogP contribution in [0.5, 0.6) is 0 Å². The average Bonchev–Trinajstić information content (AvgIpc) is 2.56. The molecule has 2 nitrogen and oxygen atoms in total. The van der Waals surface area contributed by atoms with Gasteiger partial charge in [0.05, 0.1) is 0 Å². The minimum absolute atomic E-state index is 0.374. The highest BCUT2D eigenvalue weighted by molar-refractivity contribution is 7.99. The van der Waals surface area contributed by atoms with Crippen LogP contribution in [0, 0.1) is 0 Å². The predicted molar refractivity (Wildman–Crippen MR) is 91.7 cm³/mol. The van der Waals surface area contributed by atoms with Gasteiger partial charge in [0.15, 0.2) is 0 Å². The molecule has 0 atom stereocenters. The number of carbonyl (C=O) groups is 1. The molecule has 2 rings (SSSR count). The second-order valence-electron chi connectivity index (χ2n) is 4.44. The Bertz CT molecular complexity index is 670. The number of rotatable bonds is 6. The number of hydrogen-bond donors (Lipinski definition) is 0. The van der Waals surface area contributed by atoms with E-state index in [2.05, 4.69) is 4.74 Å². The van der Waals surface area contributed by atoms with E-state index < -0.39 is 12.1 Å². The fourth-order valence-electron chi connectivity index (χ4n) is 1.62. The standard InChI is InChI=1S/C16H13F3O2S3/c1-22-11-2-6-13(7-3-11)24-14-8-4-12(5-9-14)23-10-21-15(20)16(17,18)19/h2-9H,10H2,1H3. The molecule has 2 aromatic carbocycles. The lowest BCUT2D eigenvalue weighted by molar-refractivity contribution is -0.197. The van der Waals surface area contributed by atoms with Crippen molar-refractivity contribution in [1.29, 1.82) is 0 Å². The van der Waals surface area contributed by atoms with Crippen molar-refractivity contribution >= 4 is 41.3 Å². The summed E-state index contributed by atoms with van der Waals surface area (Å²) in [7, 11) is 0. The van der Waals surface area contributed by atoms with Crippen LogP contribution in [0.15, 0.2) is 68.1 Å². The lowest BCUT2D eigenvalue weighted by Gasteiger charge is -2.07. The van der Waals surface area contributed by atoms with Gasteiger partial charge in [-0.1, -0.05) is 23.5 Å². The van der Waals surface area contributed by atoms with Gasteiger partial charge in [0, 0.05) is 19.6 Å². The number of halogens is 3. The fraction of sp³-hybridized carbons (Fsp3) is 0.188. The van der Waals surface area contributed by atoms with Crippen molar-refractivity contribution in [3.63, 3.8) is 0 Å². The summed E-state index contributed by atoms with van der Waals surface area (Å²) in [6.07, 6.45) is -2.93. The zero-order valence-corrected chi connectivity index (χ0v) is 15.0. The number of benzene rings is 2. The number of alkyl halides is 3. The minimum atomic E-state index is -4.95. The van der Waals surface area contributed by atoms with Crippen LogP contribution in [0.25, 0.3) is 0 Å². The predicted octanol–water partition coefficient (Wildman–Crippen LogP) is 5.71. The number of ether oxygens (including phenoxy) is 1. The molecule has 0 saturated heterocycles. The van der Waals surface area contributed by atoms with E-state index in [1.165, 1.54) is 4.90 Å². The Morgan fingerprint density at radius 1 is 0.917 bits per heavy atom. The number of thioether (sulfide) groups is 2. The zero-order valence-electron chi connectivity index (χ0n) is 12.5. The van der Waals surface area contributed by atoms with E-state index in [9.17, 15) is 18.0 Å². The Morgan fingerprint density at radius 3 is 1.83 bits per heavy atom. The van der Waals surface area contributed by atoms with E-state index in [0.29, 0.717) is 0 Å². The SMILES string of the molecule is CSc1ccc(Sc2ccc(SCOC(=O)C(F)(F)F)cc2)cc1. The average molecular weight is 390 g/mol. The van der Waals surface area contributed by atoms with Gasteiger partial charge in [-0.2, -0.15) is 13.2 Å². The van der Waals surface area contributed by atoms with Crippen LogP contribution in [0.2, 0.25) is 0 Å². The van der Waals surface area contributed by atoms with Gasteiger partial charge in [0.25, 0.3) is 0 Å². The van der Waals surface area contributed by atoms with Crippen molar-refractivity contribution in [2.45, 2.75) is 25.8 Å². The maximum absolute atomic E-state index is 12.0. The van der Waals surface area contributed by atoms with Crippen molar-refractivity contribution in [3.05, 3.63) is 48.5 Å². The van der Waals surface area contributed by atoms with Gasteiger partial charge in [0.2, 0.25) is 0 Å². The van der Waals surface area contributed by atoms with E-state index in [1.807, 2.05) is 42.7 Å². The normalized spacial score (nSPS) is 11.3. The van der Waals surface area contributed by atoms with Gasteiger partial charge in [-0.15, -0.1) is 11.8 Å². The molecule has 0 bridgehead atoms. The summed E-state index contributed by atoms with van der Waals surface area (Å²) in [4.78, 5) is 14.6. The van der Waals surface area contributed by atoms with Gasteiger partial charge in [-0.05, 0) is 54.8 Å². The highest BCUT2D eigenvalue weighted by Gasteiger charge is 2.40. The third-order valence-electron chi connectivity index (χ3n) is 2.77. The number of carbonyl (C=O) groups excluding carboxylic acids is 1. The quantitative estimate of drug-likeness (QED) is 0.357. The molecule has 8 heteroatoms. The van der Waals surface area contributed by atoms with Crippen molar-refractivity contribution < 1.29 is 22.7 Å². The van der Waals surface area contributed by atoms with E-state index in [0.717, 1.165) is 26.4 Å². The molecule has 24 heavy (non-hydrogen) atoms. The van der Waals surface area contributed by atoms with Crippen LogP contribution < -0.4 is 0 Å². The lowest BCUT2D eigenvalue weighted by Crippen LogP contribution is -2.25. The molecule has 0 aliphatic rings. The molecule has 0 heterocycles. The van der Waals surface area contributed by atoms with Crippen molar-refractivity contribution in [3.8, 4) is 0 Å². The van der Waals surface area contributed by atoms with Gasteiger partial charge in [-0.25, -0.2) is 4.79 Å². The van der Waals surface area contributed by atoms with Crippen LogP contribution in [-0.2, 0) is 9.53 Å². The summed E-state index contributed by atoms with van der Waals surface area (Å²) < 4.78 is 40.1. The van der Waals surface area contributed by atoms with Gasteiger partial charge in [-0.3, -0.25) is 0 Å². The first-order valence-corrected chi connectivity index (χ1v) is 9.70. The summed E-state index contributed by atoms with van der Waals surface area (Å²) in [6, 6.07) is 15.5. The minimum Gasteiger partial charge on any atom is -0.448 e. The molecular formula is C16H13F3O2S3. The first-order valence-electron chi connectivity index (χ1n) is 6.67. The summed E-state index contributed by atoms with van der Waals surface area (Å²) >= 11 is 4.30. The molecule has 0 radical (unpaired) electrons. The maximum atomic E-state index is 12.0. The lowest BCUT2D eigenvalue weighted by atomic mass is 10.4. The van der Waals surface area contributed by atoms with Crippen LogP contribution in [0.3, 0.4) is 0 Å². The smallest absolute Gasteiger partial charge is 0.448 e. The summed E-state index contributed by atoms with van der Waals surface area (Å²) in [5.74, 6) is -2.54. The molecule has 0 unspecified atom stereocenters. The second kappa shape index (κ2) is 8.73. The molecule has 0 N–H and O–H groups in total. The molecule has 0 aliphatic heterocycles. The van der Waals surface area contributed by atoms with E-state index in [4.69, 9.17) is 0 Å². The fourth-order valence-corrected chi connectivity index (χ4v) is 3.47. The second-order valence-corrected chi connectivity index (χ2v) is 7.46. The molecule has 128 valence electrons. The van der Waals surface area contributed by atoms with Crippen LogP contribution >= 0.6 is 35.3 Å². The summed E-state index contributed by atoms with van der Waals surface area (Å²) in [5.41, 5.74) is 0. The molecule has 2 aromatic rings. The molecule has 0 fully saturated rings. The zero-order chi connectivity index (χ0) is 17.6. The molecule has 0 aromatic heterocycles. The van der Waals surface area contributed by atoms with Crippen molar-refractivity contribution in [1.82, 2.24) is 0 Å². The topological polar surface area (TPSA) is 26.3 Å². The van der Waals surface area contributed by atoms with Crippen molar-refractivity contribution in [2.24, 2.45) is 0 Å². The monoisotopic (exact) mass is 390 g/mol. The largest absolute Gasteiger partial charge is 0.490 e. The Kier molecular flexibility index (Phi) is 6.94. The van der Waals surface area contributed by atoms with E-state index in [1.54, 1.807) is 35.7 Å². The van der Waals surface area contributed by atoms with E-state index >= 15 is 0 Å². The molecule has 0 spiro atoms. The maximum Gasteiger partial charge on any atom is 0.490 e.